The summed E-state index contributed by atoms with van der Waals surface area (Å²) in [6, 6.07) is 7.63. The van der Waals surface area contributed by atoms with Gasteiger partial charge in [-0.3, -0.25) is 9.59 Å². The molecule has 6 heteroatoms. The standard InChI is InChI=1S/C20H29NO4S/c1-16(2)26(24,25)14-5-3-4-7-19(22)15-17-9-11-18(12-10-17)21-13-6-8-20(21)23/h9-12,16H,3-8,13-15H2,1-2H3. The smallest absolute Gasteiger partial charge is 0.227 e. The van der Waals surface area contributed by atoms with E-state index >= 15 is 0 Å². The lowest BCUT2D eigenvalue weighted by Crippen LogP contribution is -2.23. The van der Waals surface area contributed by atoms with Crippen LogP contribution in [0.3, 0.4) is 0 Å². The average Bonchev–Trinajstić information content (AvgIpc) is 3.01. The second kappa shape index (κ2) is 9.31. The SMILES string of the molecule is CC(C)S(=O)(=O)CCCCCC(=O)Cc1ccc(N2CCCC2=O)cc1. The van der Waals surface area contributed by atoms with Gasteiger partial charge in [-0.15, -0.1) is 0 Å². The van der Waals surface area contributed by atoms with Crippen LogP contribution in [-0.2, 0) is 25.8 Å². The molecule has 0 unspecified atom stereocenters. The molecule has 0 bridgehead atoms. The molecule has 26 heavy (non-hydrogen) atoms. The van der Waals surface area contributed by atoms with Crippen LogP contribution in [0.5, 0.6) is 0 Å². The predicted molar refractivity (Wildman–Crippen MR) is 104 cm³/mol. The van der Waals surface area contributed by atoms with Gasteiger partial charge in [-0.1, -0.05) is 18.6 Å². The van der Waals surface area contributed by atoms with E-state index in [9.17, 15) is 18.0 Å². The molecule has 5 nitrogen and oxygen atoms in total. The first-order valence-corrected chi connectivity index (χ1v) is 11.1. The summed E-state index contributed by atoms with van der Waals surface area (Å²) in [7, 11) is -2.98. The van der Waals surface area contributed by atoms with E-state index in [0.29, 0.717) is 25.7 Å². The summed E-state index contributed by atoms with van der Waals surface area (Å²) >= 11 is 0. The van der Waals surface area contributed by atoms with Crippen LogP contribution in [-0.4, -0.2) is 37.7 Å². The second-order valence-electron chi connectivity index (χ2n) is 7.26. The molecule has 0 saturated carbocycles. The third-order valence-electron chi connectivity index (χ3n) is 4.83. The lowest BCUT2D eigenvalue weighted by atomic mass is 10.0. The van der Waals surface area contributed by atoms with Crippen molar-refractivity contribution in [3.63, 3.8) is 0 Å². The van der Waals surface area contributed by atoms with Gasteiger partial charge in [0.1, 0.15) is 5.78 Å². The van der Waals surface area contributed by atoms with Crippen molar-refractivity contribution < 1.29 is 18.0 Å². The summed E-state index contributed by atoms with van der Waals surface area (Å²) in [5, 5.41) is -0.331. The highest BCUT2D eigenvalue weighted by molar-refractivity contribution is 7.91. The number of rotatable bonds is 10. The summed E-state index contributed by atoms with van der Waals surface area (Å²) < 4.78 is 23.4. The molecule has 0 radical (unpaired) electrons. The number of carbonyl (C=O) groups is 2. The van der Waals surface area contributed by atoms with Crippen molar-refractivity contribution in [2.75, 3.05) is 17.2 Å². The van der Waals surface area contributed by atoms with Crippen LogP contribution in [0.2, 0.25) is 0 Å². The Balaban J connectivity index is 1.70. The molecular weight excluding hydrogens is 350 g/mol. The maximum absolute atomic E-state index is 12.1. The molecule has 0 N–H and O–H groups in total. The lowest BCUT2D eigenvalue weighted by molar-refractivity contribution is -0.118. The number of nitrogens with zero attached hydrogens (tertiary/aromatic N) is 1. The number of Topliss-reactive ketones (excluding diaryl/α,β-unsaturated/α-hetero) is 1. The van der Waals surface area contributed by atoms with E-state index in [2.05, 4.69) is 0 Å². The Morgan fingerprint density at radius 2 is 1.81 bits per heavy atom. The maximum atomic E-state index is 12.1. The Bertz CT molecular complexity index is 723. The van der Waals surface area contributed by atoms with Crippen LogP contribution < -0.4 is 4.90 Å². The van der Waals surface area contributed by atoms with Crippen LogP contribution in [0.15, 0.2) is 24.3 Å². The molecule has 1 aromatic rings. The highest BCUT2D eigenvalue weighted by atomic mass is 32.2. The van der Waals surface area contributed by atoms with Gasteiger partial charge < -0.3 is 4.90 Å². The Labute approximate surface area is 156 Å². The van der Waals surface area contributed by atoms with E-state index in [1.165, 1.54) is 0 Å². The van der Waals surface area contributed by atoms with Crippen LogP contribution in [0, 0.1) is 0 Å². The van der Waals surface area contributed by atoms with Gasteiger partial charge in [0, 0.05) is 31.5 Å². The number of hydrogen-bond donors (Lipinski definition) is 0. The number of ketones is 1. The maximum Gasteiger partial charge on any atom is 0.227 e. The average molecular weight is 380 g/mol. The van der Waals surface area contributed by atoms with Crippen molar-refractivity contribution in [1.82, 2.24) is 0 Å². The van der Waals surface area contributed by atoms with E-state index in [1.54, 1.807) is 18.7 Å². The fraction of sp³-hybridized carbons (Fsp3) is 0.600. The fourth-order valence-electron chi connectivity index (χ4n) is 3.07. The zero-order chi connectivity index (χ0) is 19.2. The molecule has 144 valence electrons. The van der Waals surface area contributed by atoms with Gasteiger partial charge in [-0.05, 0) is 50.8 Å². The number of anilines is 1. The van der Waals surface area contributed by atoms with Crippen LogP contribution in [0.4, 0.5) is 5.69 Å². The Morgan fingerprint density at radius 3 is 2.38 bits per heavy atom. The van der Waals surface area contributed by atoms with E-state index < -0.39 is 9.84 Å². The number of sulfone groups is 1. The first-order valence-electron chi connectivity index (χ1n) is 9.42. The van der Waals surface area contributed by atoms with Gasteiger partial charge >= 0.3 is 0 Å². The lowest BCUT2D eigenvalue weighted by Gasteiger charge is -2.15. The van der Waals surface area contributed by atoms with Gasteiger partial charge in [-0.25, -0.2) is 8.42 Å². The number of hydrogen-bond acceptors (Lipinski definition) is 4. The van der Waals surface area contributed by atoms with Gasteiger partial charge in [-0.2, -0.15) is 0 Å². The summed E-state index contributed by atoms with van der Waals surface area (Å²) in [5.41, 5.74) is 1.85. The fourth-order valence-corrected chi connectivity index (χ4v) is 4.15. The third kappa shape index (κ3) is 5.94. The van der Waals surface area contributed by atoms with Crippen LogP contribution >= 0.6 is 0 Å². The Morgan fingerprint density at radius 1 is 1.12 bits per heavy atom. The van der Waals surface area contributed by atoms with Crippen molar-refractivity contribution >= 4 is 27.2 Å². The Hall–Kier alpha value is -1.69. The summed E-state index contributed by atoms with van der Waals surface area (Å²) in [6.45, 7) is 4.16. The van der Waals surface area contributed by atoms with E-state index in [0.717, 1.165) is 37.1 Å². The monoisotopic (exact) mass is 379 g/mol. The van der Waals surface area contributed by atoms with Crippen molar-refractivity contribution in [2.45, 2.75) is 64.0 Å². The van der Waals surface area contributed by atoms with E-state index in [-0.39, 0.29) is 22.7 Å². The summed E-state index contributed by atoms with van der Waals surface area (Å²) in [4.78, 5) is 25.6. The molecular formula is C20H29NO4S. The first kappa shape index (κ1) is 20.6. The molecule has 2 rings (SSSR count). The number of amides is 1. The summed E-state index contributed by atoms with van der Waals surface area (Å²) in [5.74, 6) is 0.533. The second-order valence-corrected chi connectivity index (χ2v) is 9.93. The van der Waals surface area contributed by atoms with Gasteiger partial charge in [0.15, 0.2) is 9.84 Å². The van der Waals surface area contributed by atoms with Crippen molar-refractivity contribution in [3.05, 3.63) is 29.8 Å². The number of unbranched alkanes of at least 4 members (excludes halogenated alkanes) is 2. The largest absolute Gasteiger partial charge is 0.312 e. The molecule has 1 aromatic carbocycles. The molecule has 1 saturated heterocycles. The van der Waals surface area contributed by atoms with Crippen molar-refractivity contribution in [2.24, 2.45) is 0 Å². The van der Waals surface area contributed by atoms with Gasteiger partial charge in [0.05, 0.1) is 11.0 Å². The van der Waals surface area contributed by atoms with Crippen LogP contribution in [0.25, 0.3) is 0 Å². The van der Waals surface area contributed by atoms with E-state index in [4.69, 9.17) is 0 Å². The molecule has 0 aromatic heterocycles. The Kier molecular flexibility index (Phi) is 7.38. The molecule has 1 amide bonds. The summed E-state index contributed by atoms with van der Waals surface area (Å²) in [6.07, 6.45) is 4.48. The van der Waals surface area contributed by atoms with Crippen molar-refractivity contribution in [3.8, 4) is 0 Å². The molecule has 1 fully saturated rings. The zero-order valence-corrected chi connectivity index (χ0v) is 16.6. The highest BCUT2D eigenvalue weighted by Gasteiger charge is 2.21. The number of carbonyl (C=O) groups excluding carboxylic acids is 2. The molecule has 1 aliphatic heterocycles. The number of benzene rings is 1. The molecule has 0 aliphatic carbocycles. The minimum absolute atomic E-state index is 0.160. The third-order valence-corrected chi connectivity index (χ3v) is 7.12. The minimum atomic E-state index is -2.98. The zero-order valence-electron chi connectivity index (χ0n) is 15.7. The molecule has 1 heterocycles. The topological polar surface area (TPSA) is 71.5 Å². The van der Waals surface area contributed by atoms with Gasteiger partial charge in [0.25, 0.3) is 0 Å². The highest BCUT2D eigenvalue weighted by Crippen LogP contribution is 2.22. The first-order chi connectivity index (χ1) is 12.3. The molecule has 1 aliphatic rings. The predicted octanol–water partition coefficient (Wildman–Crippen LogP) is 3.31. The van der Waals surface area contributed by atoms with E-state index in [1.807, 2.05) is 24.3 Å². The van der Waals surface area contributed by atoms with Gasteiger partial charge in [0.2, 0.25) is 5.91 Å². The molecule has 0 spiro atoms. The quantitative estimate of drug-likeness (QED) is 0.585. The minimum Gasteiger partial charge on any atom is -0.312 e. The van der Waals surface area contributed by atoms with Crippen molar-refractivity contribution in [1.29, 1.82) is 0 Å². The molecule has 0 atom stereocenters. The normalized spacial score (nSPS) is 15.0. The van der Waals surface area contributed by atoms with Crippen LogP contribution in [0.1, 0.15) is 57.9 Å².